The average Bonchev–Trinajstić information content (AvgIpc) is 2.68. The lowest BCUT2D eigenvalue weighted by atomic mass is 9.85. The third-order valence-corrected chi connectivity index (χ3v) is 5.13. The maximum Gasteiger partial charge on any atom is 0.699 e. The van der Waals surface area contributed by atoms with Crippen LogP contribution in [0.15, 0.2) is 30.3 Å². The summed E-state index contributed by atoms with van der Waals surface area (Å²) < 4.78 is 0. The minimum absolute atomic E-state index is 0.0120. The van der Waals surface area contributed by atoms with Crippen molar-refractivity contribution in [2.45, 2.75) is 69.1 Å². The molecule has 1 unspecified atom stereocenters. The lowest BCUT2D eigenvalue weighted by molar-refractivity contribution is -0.970. The van der Waals surface area contributed by atoms with Gasteiger partial charge in [-0.2, -0.15) is 0 Å². The van der Waals surface area contributed by atoms with Crippen molar-refractivity contribution in [1.82, 2.24) is 0 Å². The number of carboxylic acids is 1. The molecule has 0 saturated carbocycles. The molecule has 0 fully saturated rings. The molecule has 1 atom stereocenters. The predicted octanol–water partition coefficient (Wildman–Crippen LogP) is 2.92. The van der Waals surface area contributed by atoms with Crippen LogP contribution in [0.2, 0.25) is 0 Å². The zero-order valence-corrected chi connectivity index (χ0v) is 16.5. The molecule has 0 amide bonds. The fourth-order valence-corrected chi connectivity index (χ4v) is 3.23. The lowest BCUT2D eigenvalue weighted by Gasteiger charge is -2.25. The van der Waals surface area contributed by atoms with Crippen LogP contribution in [0.25, 0.3) is 0 Å². The second kappa shape index (κ2) is 11.1. The van der Waals surface area contributed by atoms with E-state index in [4.69, 9.17) is 5.73 Å². The van der Waals surface area contributed by atoms with E-state index < -0.39 is 38.5 Å². The van der Waals surface area contributed by atoms with Gasteiger partial charge < -0.3 is 10.8 Å². The largest absolute Gasteiger partial charge is 0.699 e. The van der Waals surface area contributed by atoms with E-state index in [0.717, 1.165) is 19.3 Å². The molecule has 0 bridgehead atoms. The van der Waals surface area contributed by atoms with Gasteiger partial charge in [0.05, 0.1) is 0 Å². The molecule has 0 saturated heterocycles. The van der Waals surface area contributed by atoms with E-state index in [1.807, 2.05) is 0 Å². The first kappa shape index (κ1) is 24.9. The Hall–Kier alpha value is -3.15. The predicted molar refractivity (Wildman–Crippen MR) is 105 cm³/mol. The van der Waals surface area contributed by atoms with Crippen molar-refractivity contribution in [2.24, 2.45) is 5.73 Å². The van der Waals surface area contributed by atoms with Crippen LogP contribution in [0, 0.1) is 30.3 Å². The molecule has 0 radical (unpaired) electrons. The van der Waals surface area contributed by atoms with Crippen molar-refractivity contribution < 1.29 is 24.7 Å². The van der Waals surface area contributed by atoms with E-state index >= 15 is 0 Å². The Morgan fingerprint density at radius 2 is 1.20 bits per heavy atom. The molecule has 1 aromatic rings. The third kappa shape index (κ3) is 5.92. The molecule has 166 valence electrons. The van der Waals surface area contributed by atoms with E-state index in [-0.39, 0.29) is 12.8 Å². The summed E-state index contributed by atoms with van der Waals surface area (Å²) in [5, 5.41) is 42.0. The molecule has 30 heavy (non-hydrogen) atoms. The van der Waals surface area contributed by atoms with E-state index in [1.54, 1.807) is 30.3 Å². The summed E-state index contributed by atoms with van der Waals surface area (Å²) in [5.74, 6) is -4.49. The first-order valence-electron chi connectivity index (χ1n) is 9.60. The van der Waals surface area contributed by atoms with Gasteiger partial charge >= 0.3 is 11.8 Å². The molecular formula is C18H26N4O8. The SMILES string of the molecule is NC(CCCCCCCCCC([N+](=O)[O-])([N+](=O)[O-])[N+](=O)[O-])(C(=O)O)c1ccccc1. The third-order valence-electron chi connectivity index (χ3n) is 5.13. The summed E-state index contributed by atoms with van der Waals surface area (Å²) in [6.45, 7) is 0. The molecule has 0 heterocycles. The lowest BCUT2D eigenvalue weighted by Crippen LogP contribution is -2.53. The van der Waals surface area contributed by atoms with Crippen LogP contribution in [-0.4, -0.2) is 31.6 Å². The molecule has 0 aliphatic heterocycles. The smallest absolute Gasteiger partial charge is 0.480 e. The molecule has 0 aliphatic rings. The summed E-state index contributed by atoms with van der Waals surface area (Å²) in [6, 6.07) is 8.58. The first-order chi connectivity index (χ1) is 14.1. The minimum atomic E-state index is -3.39. The Labute approximate surface area is 172 Å². The molecule has 1 rings (SSSR count). The van der Waals surface area contributed by atoms with E-state index in [2.05, 4.69) is 0 Å². The number of carbonyl (C=O) groups is 1. The van der Waals surface area contributed by atoms with E-state index in [9.17, 15) is 40.2 Å². The summed E-state index contributed by atoms with van der Waals surface area (Å²) in [4.78, 5) is 39.8. The van der Waals surface area contributed by atoms with Gasteiger partial charge in [-0.25, -0.2) is 4.79 Å². The van der Waals surface area contributed by atoms with Crippen LogP contribution < -0.4 is 5.73 Å². The van der Waals surface area contributed by atoms with Crippen molar-refractivity contribution in [3.8, 4) is 0 Å². The molecule has 12 nitrogen and oxygen atoms in total. The van der Waals surface area contributed by atoms with Crippen LogP contribution >= 0.6 is 0 Å². The molecule has 3 N–H and O–H groups in total. The Bertz CT molecular complexity index is 722. The monoisotopic (exact) mass is 426 g/mol. The normalized spacial score (nSPS) is 13.4. The van der Waals surface area contributed by atoms with Gasteiger partial charge in [0.15, 0.2) is 21.2 Å². The van der Waals surface area contributed by atoms with Crippen LogP contribution in [0.5, 0.6) is 0 Å². The standard InChI is InChI=1S/C18H26N4O8/c19-17(16(23)24,15-11-7-6-8-12-15)13-9-4-2-1-3-5-10-14-18(20(25)26,21(27)28)22(29)30/h6-8,11-12H,1-5,9-10,13-14,19H2,(H,23,24). The van der Waals surface area contributed by atoms with Crippen molar-refractivity contribution >= 4 is 5.97 Å². The highest BCUT2D eigenvalue weighted by molar-refractivity contribution is 5.80. The molecule has 0 aromatic heterocycles. The summed E-state index contributed by atoms with van der Waals surface area (Å²) in [5.41, 5.74) is 5.16. The van der Waals surface area contributed by atoms with Crippen LogP contribution in [0.1, 0.15) is 63.4 Å². The number of hydrogen-bond donors (Lipinski definition) is 2. The summed E-state index contributed by atoms with van der Waals surface area (Å²) >= 11 is 0. The molecule has 12 heteroatoms. The van der Waals surface area contributed by atoms with Crippen molar-refractivity contribution in [3.05, 3.63) is 66.2 Å². The van der Waals surface area contributed by atoms with Gasteiger partial charge in [0.1, 0.15) is 5.54 Å². The Balaban J connectivity index is 2.35. The van der Waals surface area contributed by atoms with Crippen molar-refractivity contribution in [3.63, 3.8) is 0 Å². The number of nitro groups is 3. The highest BCUT2D eigenvalue weighted by Gasteiger charge is 2.69. The maximum atomic E-state index is 11.6. The van der Waals surface area contributed by atoms with E-state index in [0.29, 0.717) is 24.8 Å². The summed E-state index contributed by atoms with van der Waals surface area (Å²) in [7, 11) is 0. The number of unbranched alkanes of at least 4 members (excludes halogenated alkanes) is 6. The van der Waals surface area contributed by atoms with E-state index in [1.165, 1.54) is 0 Å². The highest BCUT2D eigenvalue weighted by Crippen LogP contribution is 2.26. The molecule has 0 spiro atoms. The number of nitrogens with zero attached hydrogens (tertiary/aromatic N) is 3. The Kier molecular flexibility index (Phi) is 9.24. The second-order valence-corrected chi connectivity index (χ2v) is 7.16. The zero-order valence-electron chi connectivity index (χ0n) is 16.5. The van der Waals surface area contributed by atoms with Gasteiger partial charge in [-0.05, 0) is 18.4 Å². The van der Waals surface area contributed by atoms with Gasteiger partial charge in [-0.1, -0.05) is 68.9 Å². The molecular weight excluding hydrogens is 400 g/mol. The topological polar surface area (TPSA) is 193 Å². The number of rotatable bonds is 15. The van der Waals surface area contributed by atoms with Crippen LogP contribution in [0.3, 0.4) is 0 Å². The summed E-state index contributed by atoms with van der Waals surface area (Å²) in [6.07, 6.45) is 3.27. The number of aliphatic carboxylic acids is 1. The van der Waals surface area contributed by atoms with Crippen molar-refractivity contribution in [1.29, 1.82) is 0 Å². The van der Waals surface area contributed by atoms with Gasteiger partial charge in [0.25, 0.3) is 0 Å². The maximum absolute atomic E-state index is 11.6. The minimum Gasteiger partial charge on any atom is -0.480 e. The fraction of sp³-hybridized carbons (Fsp3) is 0.611. The van der Waals surface area contributed by atoms with Gasteiger partial charge in [-0.15, -0.1) is 0 Å². The van der Waals surface area contributed by atoms with Gasteiger partial charge in [-0.3, -0.25) is 30.3 Å². The first-order valence-corrected chi connectivity index (χ1v) is 9.60. The van der Waals surface area contributed by atoms with Crippen LogP contribution in [0.4, 0.5) is 0 Å². The number of nitrogens with two attached hydrogens (primary N) is 1. The zero-order chi connectivity index (χ0) is 22.8. The average molecular weight is 426 g/mol. The number of benzene rings is 1. The highest BCUT2D eigenvalue weighted by atomic mass is 16.7. The van der Waals surface area contributed by atoms with Gasteiger partial charge in [0.2, 0.25) is 0 Å². The number of hydrogen-bond acceptors (Lipinski definition) is 8. The number of carboxylic acid groups (broad SMARTS) is 1. The fourth-order valence-electron chi connectivity index (χ4n) is 3.23. The second-order valence-electron chi connectivity index (χ2n) is 7.16. The molecule has 0 aliphatic carbocycles. The Morgan fingerprint density at radius 3 is 1.60 bits per heavy atom. The Morgan fingerprint density at radius 1 is 0.800 bits per heavy atom. The van der Waals surface area contributed by atoms with Crippen LogP contribution in [-0.2, 0) is 10.3 Å². The molecule has 1 aromatic carbocycles. The van der Waals surface area contributed by atoms with Gasteiger partial charge in [0, 0.05) is 0 Å². The van der Waals surface area contributed by atoms with Crippen molar-refractivity contribution in [2.75, 3.05) is 0 Å². The quantitative estimate of drug-likeness (QED) is 0.183.